The molecule has 0 aliphatic carbocycles. The summed E-state index contributed by atoms with van der Waals surface area (Å²) in [6.07, 6.45) is -4.15. The fourth-order valence-electron chi connectivity index (χ4n) is 4.57. The standard InChI is InChI=1S/C26H30O11/c1-33-18-10-14(5-6-17(18)29)24-16(12-35-26-23(32)22(31)21(30)20(11-28)36-26)15-8-13(4-3-7-27)9-19(34-2)25(15)37-24/h3-10,16,20-24,26,28-32H,11-12H2,1-2H3/b4-3+/t16-,20+,21+,22-,23+,24+,26+/m0/s1. The van der Waals surface area contributed by atoms with Crippen molar-refractivity contribution in [2.45, 2.75) is 42.7 Å². The van der Waals surface area contributed by atoms with E-state index in [4.69, 9.17) is 23.7 Å². The maximum Gasteiger partial charge on any atom is 0.186 e. The lowest BCUT2D eigenvalue weighted by Gasteiger charge is -2.40. The smallest absolute Gasteiger partial charge is 0.186 e. The van der Waals surface area contributed by atoms with E-state index in [9.17, 15) is 30.3 Å². The van der Waals surface area contributed by atoms with Crippen LogP contribution in [-0.2, 0) is 14.3 Å². The fourth-order valence-corrected chi connectivity index (χ4v) is 4.57. The number of carbonyl (C=O) groups is 1. The monoisotopic (exact) mass is 518 g/mol. The molecule has 0 unspecified atom stereocenters. The van der Waals surface area contributed by atoms with Gasteiger partial charge in [0.25, 0.3) is 0 Å². The lowest BCUT2D eigenvalue weighted by molar-refractivity contribution is -0.302. The van der Waals surface area contributed by atoms with Gasteiger partial charge in [0.15, 0.2) is 29.3 Å². The van der Waals surface area contributed by atoms with Crippen LogP contribution in [0.3, 0.4) is 0 Å². The van der Waals surface area contributed by atoms with Gasteiger partial charge in [-0.3, -0.25) is 4.79 Å². The van der Waals surface area contributed by atoms with E-state index in [-0.39, 0.29) is 18.1 Å². The minimum atomic E-state index is -1.58. The first-order valence-corrected chi connectivity index (χ1v) is 11.6. The van der Waals surface area contributed by atoms with Gasteiger partial charge in [0.05, 0.1) is 33.4 Å². The SMILES string of the molecule is COc1cc([C@H]2Oc3c(OC)cc(/C=C/C=O)cc3[C@@H]2CO[C@@H]2O[C@H](CO)[C@@H](O)[C@H](O)[C@H]2O)ccc1O. The van der Waals surface area contributed by atoms with Crippen molar-refractivity contribution in [3.63, 3.8) is 0 Å². The Bertz CT molecular complexity index is 1130. The Morgan fingerprint density at radius 3 is 2.43 bits per heavy atom. The van der Waals surface area contributed by atoms with Crippen LogP contribution >= 0.6 is 0 Å². The van der Waals surface area contributed by atoms with Crippen LogP contribution in [0.15, 0.2) is 36.4 Å². The topological polar surface area (TPSA) is 164 Å². The highest BCUT2D eigenvalue weighted by molar-refractivity contribution is 5.75. The molecule has 0 saturated carbocycles. The number of methoxy groups -OCH3 is 2. The third-order valence-electron chi connectivity index (χ3n) is 6.52. The molecule has 2 aliphatic heterocycles. The molecule has 2 aromatic carbocycles. The molecule has 0 aromatic heterocycles. The number of fused-ring (bicyclic) bond motifs is 1. The van der Waals surface area contributed by atoms with Gasteiger partial charge in [-0.05, 0) is 41.5 Å². The average Bonchev–Trinajstić information content (AvgIpc) is 3.28. The third-order valence-corrected chi connectivity index (χ3v) is 6.52. The van der Waals surface area contributed by atoms with Crippen molar-refractivity contribution in [2.24, 2.45) is 0 Å². The van der Waals surface area contributed by atoms with Gasteiger partial charge in [0.2, 0.25) is 0 Å². The predicted molar refractivity (Wildman–Crippen MR) is 129 cm³/mol. The predicted octanol–water partition coefficient (Wildman–Crippen LogP) is 0.655. The maximum absolute atomic E-state index is 10.9. The second kappa shape index (κ2) is 11.5. The average molecular weight is 519 g/mol. The summed E-state index contributed by atoms with van der Waals surface area (Å²) < 4.78 is 28.5. The molecule has 11 heteroatoms. The lowest BCUT2D eigenvalue weighted by atomic mass is 9.90. The van der Waals surface area contributed by atoms with E-state index < -0.39 is 49.3 Å². The first kappa shape index (κ1) is 26.9. The Balaban J connectivity index is 1.70. The summed E-state index contributed by atoms with van der Waals surface area (Å²) in [5.74, 6) is 0.566. The summed E-state index contributed by atoms with van der Waals surface area (Å²) in [5, 5.41) is 50.2. The number of aromatic hydroxyl groups is 1. The molecule has 1 saturated heterocycles. The van der Waals surface area contributed by atoms with Crippen LogP contribution in [0, 0.1) is 0 Å². The Hall–Kier alpha value is -3.19. The molecule has 200 valence electrons. The summed E-state index contributed by atoms with van der Waals surface area (Å²) in [6.45, 7) is -0.659. The molecule has 2 aromatic rings. The fraction of sp³-hybridized carbons (Fsp3) is 0.423. The van der Waals surface area contributed by atoms with E-state index in [0.717, 1.165) is 0 Å². The number of phenols is 1. The largest absolute Gasteiger partial charge is 0.504 e. The first-order chi connectivity index (χ1) is 17.8. The van der Waals surface area contributed by atoms with E-state index in [1.807, 2.05) is 6.07 Å². The van der Waals surface area contributed by atoms with Gasteiger partial charge in [-0.15, -0.1) is 0 Å². The number of aliphatic hydroxyl groups is 4. The van der Waals surface area contributed by atoms with E-state index in [1.165, 1.54) is 26.4 Å². The first-order valence-electron chi connectivity index (χ1n) is 11.6. The zero-order valence-corrected chi connectivity index (χ0v) is 20.3. The van der Waals surface area contributed by atoms with Crippen LogP contribution < -0.4 is 14.2 Å². The minimum absolute atomic E-state index is 0.0465. The normalized spacial score (nSPS) is 29.1. The number of hydrogen-bond acceptors (Lipinski definition) is 11. The lowest BCUT2D eigenvalue weighted by Crippen LogP contribution is -2.59. The quantitative estimate of drug-likeness (QED) is 0.234. The van der Waals surface area contributed by atoms with Crippen LogP contribution in [0.1, 0.15) is 28.7 Å². The van der Waals surface area contributed by atoms with Crippen LogP contribution in [0.25, 0.3) is 6.08 Å². The minimum Gasteiger partial charge on any atom is -0.504 e. The summed E-state index contributed by atoms with van der Waals surface area (Å²) in [4.78, 5) is 10.9. The molecular formula is C26H30O11. The van der Waals surface area contributed by atoms with Crippen LogP contribution in [0.2, 0.25) is 0 Å². The van der Waals surface area contributed by atoms with Crippen molar-refractivity contribution in [3.8, 4) is 23.0 Å². The maximum atomic E-state index is 10.9. The molecule has 0 spiro atoms. The summed E-state index contributed by atoms with van der Waals surface area (Å²) in [5.41, 5.74) is 2.01. The van der Waals surface area contributed by atoms with Gasteiger partial charge < -0.3 is 49.2 Å². The van der Waals surface area contributed by atoms with Crippen molar-refractivity contribution in [1.82, 2.24) is 0 Å². The highest BCUT2D eigenvalue weighted by Gasteiger charge is 2.45. The second-order valence-electron chi connectivity index (χ2n) is 8.74. The number of aliphatic hydroxyl groups excluding tert-OH is 4. The number of benzene rings is 2. The highest BCUT2D eigenvalue weighted by atomic mass is 16.7. The number of aldehydes is 1. The van der Waals surface area contributed by atoms with Crippen molar-refractivity contribution >= 4 is 12.4 Å². The Labute approximate surface area is 213 Å². The van der Waals surface area contributed by atoms with Crippen LogP contribution in [0.5, 0.6) is 23.0 Å². The zero-order valence-electron chi connectivity index (χ0n) is 20.3. The molecule has 5 N–H and O–H groups in total. The van der Waals surface area contributed by atoms with Gasteiger partial charge in [-0.25, -0.2) is 0 Å². The molecule has 11 nitrogen and oxygen atoms in total. The van der Waals surface area contributed by atoms with Gasteiger partial charge in [-0.1, -0.05) is 12.1 Å². The summed E-state index contributed by atoms with van der Waals surface area (Å²) in [6, 6.07) is 8.32. The van der Waals surface area contributed by atoms with Crippen molar-refractivity contribution in [1.29, 1.82) is 0 Å². The van der Waals surface area contributed by atoms with Crippen LogP contribution in [-0.4, -0.2) is 90.0 Å². The molecule has 1 fully saturated rings. The number of rotatable bonds is 9. The Morgan fingerprint density at radius 1 is 1.00 bits per heavy atom. The summed E-state index contributed by atoms with van der Waals surface area (Å²) in [7, 11) is 2.92. The number of allylic oxidation sites excluding steroid dienone is 1. The molecule has 0 bridgehead atoms. The molecule has 4 rings (SSSR count). The second-order valence-corrected chi connectivity index (χ2v) is 8.74. The number of carbonyl (C=O) groups excluding carboxylic acids is 1. The Morgan fingerprint density at radius 2 is 1.76 bits per heavy atom. The van der Waals surface area contributed by atoms with Crippen molar-refractivity contribution < 1.29 is 54.0 Å². The third kappa shape index (κ3) is 5.28. The molecule has 2 heterocycles. The highest BCUT2D eigenvalue weighted by Crippen LogP contribution is 2.52. The number of phenolic OH excluding ortho intramolecular Hbond substituents is 1. The van der Waals surface area contributed by atoms with E-state index >= 15 is 0 Å². The van der Waals surface area contributed by atoms with E-state index in [2.05, 4.69) is 0 Å². The molecular weight excluding hydrogens is 488 g/mol. The van der Waals surface area contributed by atoms with Gasteiger partial charge in [0.1, 0.15) is 36.8 Å². The number of hydrogen-bond donors (Lipinski definition) is 5. The number of ether oxygens (including phenoxy) is 5. The molecule has 37 heavy (non-hydrogen) atoms. The van der Waals surface area contributed by atoms with Crippen molar-refractivity contribution in [2.75, 3.05) is 27.4 Å². The van der Waals surface area contributed by atoms with E-state index in [1.54, 1.807) is 24.3 Å². The molecule has 2 aliphatic rings. The molecule has 0 amide bonds. The summed E-state index contributed by atoms with van der Waals surface area (Å²) >= 11 is 0. The molecule has 0 radical (unpaired) electrons. The van der Waals surface area contributed by atoms with Gasteiger partial charge >= 0.3 is 0 Å². The molecule has 7 atom stereocenters. The zero-order chi connectivity index (χ0) is 26.7. The van der Waals surface area contributed by atoms with Gasteiger partial charge in [0, 0.05) is 5.56 Å². The van der Waals surface area contributed by atoms with E-state index in [0.29, 0.717) is 34.5 Å². The Kier molecular flexibility index (Phi) is 8.32. The van der Waals surface area contributed by atoms with Gasteiger partial charge in [-0.2, -0.15) is 0 Å². The van der Waals surface area contributed by atoms with Crippen molar-refractivity contribution in [3.05, 3.63) is 53.1 Å². The van der Waals surface area contributed by atoms with Crippen LogP contribution in [0.4, 0.5) is 0 Å².